The Morgan fingerprint density at radius 3 is 2.60 bits per heavy atom. The molecule has 0 amide bonds. The van der Waals surface area contributed by atoms with Gasteiger partial charge in [0.05, 0.1) is 24.5 Å². The minimum absolute atomic E-state index is 0.347. The van der Waals surface area contributed by atoms with Crippen LogP contribution in [0, 0.1) is 0 Å². The average molecular weight is 279 g/mol. The summed E-state index contributed by atoms with van der Waals surface area (Å²) in [5, 5.41) is 0. The van der Waals surface area contributed by atoms with Crippen LogP contribution in [0.1, 0.15) is 56.3 Å². The zero-order valence-corrected chi connectivity index (χ0v) is 12.5. The number of carbonyl (C=O) groups excluding carboxylic acids is 1. The summed E-state index contributed by atoms with van der Waals surface area (Å²) >= 11 is 0. The third-order valence-corrected chi connectivity index (χ3v) is 3.03. The molecule has 0 saturated heterocycles. The molecule has 0 spiro atoms. The average Bonchev–Trinajstić information content (AvgIpc) is 2.44. The van der Waals surface area contributed by atoms with Gasteiger partial charge in [-0.2, -0.15) is 0 Å². The number of hydrogen-bond acceptors (Lipinski definition) is 4. The molecule has 0 fully saturated rings. The summed E-state index contributed by atoms with van der Waals surface area (Å²) in [4.78, 5) is 11.6. The van der Waals surface area contributed by atoms with Gasteiger partial charge in [-0.3, -0.25) is 0 Å². The molecule has 2 N–H and O–H groups in total. The molecule has 20 heavy (non-hydrogen) atoms. The van der Waals surface area contributed by atoms with Crippen LogP contribution in [0.15, 0.2) is 18.2 Å². The minimum Gasteiger partial charge on any atom is -0.491 e. The van der Waals surface area contributed by atoms with Crippen molar-refractivity contribution in [2.45, 2.75) is 46.0 Å². The van der Waals surface area contributed by atoms with Crippen LogP contribution in [0.2, 0.25) is 0 Å². The lowest BCUT2D eigenvalue weighted by molar-refractivity contribution is 0.0526. The molecular formula is C16H25NO3. The summed E-state index contributed by atoms with van der Waals surface area (Å²) in [6, 6.07) is 4.99. The van der Waals surface area contributed by atoms with E-state index >= 15 is 0 Å². The van der Waals surface area contributed by atoms with Gasteiger partial charge in [0.15, 0.2) is 0 Å². The van der Waals surface area contributed by atoms with E-state index in [2.05, 4.69) is 6.92 Å². The van der Waals surface area contributed by atoms with Crippen LogP contribution in [0.5, 0.6) is 5.75 Å². The van der Waals surface area contributed by atoms with Gasteiger partial charge in [-0.1, -0.05) is 32.6 Å². The fraction of sp³-hybridized carbons (Fsp3) is 0.562. The predicted molar refractivity (Wildman–Crippen MR) is 81.1 cm³/mol. The van der Waals surface area contributed by atoms with E-state index in [1.165, 1.54) is 19.3 Å². The van der Waals surface area contributed by atoms with Crippen molar-refractivity contribution in [3.05, 3.63) is 23.8 Å². The van der Waals surface area contributed by atoms with Crippen LogP contribution in [-0.4, -0.2) is 19.2 Å². The van der Waals surface area contributed by atoms with E-state index in [0.717, 1.165) is 12.8 Å². The Morgan fingerprint density at radius 2 is 1.90 bits per heavy atom. The Balaban J connectivity index is 2.48. The SMILES string of the molecule is CCCCCCCOc1cc(C(=O)OCC)ccc1N. The number of ether oxygens (including phenoxy) is 2. The first-order valence-electron chi connectivity index (χ1n) is 7.38. The highest BCUT2D eigenvalue weighted by molar-refractivity contribution is 5.90. The van der Waals surface area contributed by atoms with Gasteiger partial charge in [0.25, 0.3) is 0 Å². The Morgan fingerprint density at radius 1 is 1.15 bits per heavy atom. The van der Waals surface area contributed by atoms with E-state index in [0.29, 0.717) is 30.2 Å². The molecule has 0 bridgehead atoms. The van der Waals surface area contributed by atoms with E-state index in [4.69, 9.17) is 15.2 Å². The van der Waals surface area contributed by atoms with Gasteiger partial charge in [0, 0.05) is 0 Å². The van der Waals surface area contributed by atoms with Gasteiger partial charge in [-0.05, 0) is 31.5 Å². The van der Waals surface area contributed by atoms with Crippen LogP contribution < -0.4 is 10.5 Å². The van der Waals surface area contributed by atoms with Crippen molar-refractivity contribution < 1.29 is 14.3 Å². The zero-order chi connectivity index (χ0) is 14.8. The summed E-state index contributed by atoms with van der Waals surface area (Å²) in [5.74, 6) is 0.214. The Labute approximate surface area is 121 Å². The lowest BCUT2D eigenvalue weighted by Gasteiger charge is -2.10. The third kappa shape index (κ3) is 5.51. The van der Waals surface area contributed by atoms with Gasteiger partial charge < -0.3 is 15.2 Å². The van der Waals surface area contributed by atoms with Gasteiger partial charge in [0.1, 0.15) is 5.75 Å². The second-order valence-electron chi connectivity index (χ2n) is 4.74. The quantitative estimate of drug-likeness (QED) is 0.424. The number of nitrogens with two attached hydrogens (primary N) is 1. The topological polar surface area (TPSA) is 61.5 Å². The second kappa shape index (κ2) is 9.23. The second-order valence-corrected chi connectivity index (χ2v) is 4.74. The summed E-state index contributed by atoms with van der Waals surface area (Å²) < 4.78 is 10.6. The van der Waals surface area contributed by atoms with Crippen LogP contribution in [0.4, 0.5) is 5.69 Å². The lowest BCUT2D eigenvalue weighted by atomic mass is 10.1. The van der Waals surface area contributed by atoms with Crippen molar-refractivity contribution in [2.75, 3.05) is 18.9 Å². The number of unbranched alkanes of at least 4 members (excludes halogenated alkanes) is 4. The highest BCUT2D eigenvalue weighted by Gasteiger charge is 2.09. The summed E-state index contributed by atoms with van der Waals surface area (Å²) in [6.45, 7) is 4.96. The summed E-state index contributed by atoms with van der Waals surface area (Å²) in [6.07, 6.45) is 5.89. The van der Waals surface area contributed by atoms with Crippen molar-refractivity contribution in [3.63, 3.8) is 0 Å². The van der Waals surface area contributed by atoms with Crippen molar-refractivity contribution in [3.8, 4) is 5.75 Å². The molecule has 0 heterocycles. The van der Waals surface area contributed by atoms with E-state index in [1.807, 2.05) is 0 Å². The maximum atomic E-state index is 11.6. The minimum atomic E-state index is -0.347. The Hall–Kier alpha value is -1.71. The normalized spacial score (nSPS) is 10.3. The first-order valence-corrected chi connectivity index (χ1v) is 7.38. The molecule has 1 aromatic rings. The number of nitrogen functional groups attached to an aromatic ring is 1. The molecule has 0 aliphatic heterocycles. The zero-order valence-electron chi connectivity index (χ0n) is 12.5. The highest BCUT2D eigenvalue weighted by Crippen LogP contribution is 2.23. The van der Waals surface area contributed by atoms with Crippen LogP contribution >= 0.6 is 0 Å². The number of hydrogen-bond donors (Lipinski definition) is 1. The van der Waals surface area contributed by atoms with E-state index < -0.39 is 0 Å². The van der Waals surface area contributed by atoms with Gasteiger partial charge in [-0.15, -0.1) is 0 Å². The molecule has 4 nitrogen and oxygen atoms in total. The molecule has 0 aliphatic carbocycles. The molecule has 0 aromatic heterocycles. The number of rotatable bonds is 9. The molecule has 1 aromatic carbocycles. The molecule has 0 saturated carbocycles. The monoisotopic (exact) mass is 279 g/mol. The molecule has 112 valence electrons. The van der Waals surface area contributed by atoms with E-state index in [-0.39, 0.29) is 5.97 Å². The van der Waals surface area contributed by atoms with Crippen molar-refractivity contribution in [1.82, 2.24) is 0 Å². The third-order valence-electron chi connectivity index (χ3n) is 3.03. The van der Waals surface area contributed by atoms with Crippen molar-refractivity contribution in [1.29, 1.82) is 0 Å². The largest absolute Gasteiger partial charge is 0.491 e. The Kier molecular flexibility index (Phi) is 7.55. The van der Waals surface area contributed by atoms with Gasteiger partial charge >= 0.3 is 5.97 Å². The molecule has 4 heteroatoms. The molecular weight excluding hydrogens is 254 g/mol. The van der Waals surface area contributed by atoms with Crippen LogP contribution in [0.25, 0.3) is 0 Å². The first-order chi connectivity index (χ1) is 9.69. The van der Waals surface area contributed by atoms with Gasteiger partial charge in [-0.25, -0.2) is 4.79 Å². The molecule has 0 radical (unpaired) electrons. The molecule has 0 unspecified atom stereocenters. The van der Waals surface area contributed by atoms with E-state index in [9.17, 15) is 4.79 Å². The smallest absolute Gasteiger partial charge is 0.338 e. The Bertz CT molecular complexity index is 418. The number of carbonyl (C=O) groups is 1. The number of benzene rings is 1. The van der Waals surface area contributed by atoms with Crippen LogP contribution in [-0.2, 0) is 4.74 Å². The number of anilines is 1. The van der Waals surface area contributed by atoms with E-state index in [1.54, 1.807) is 25.1 Å². The van der Waals surface area contributed by atoms with Crippen LogP contribution in [0.3, 0.4) is 0 Å². The first kappa shape index (κ1) is 16.3. The fourth-order valence-electron chi connectivity index (χ4n) is 1.89. The van der Waals surface area contributed by atoms with Crippen molar-refractivity contribution >= 4 is 11.7 Å². The van der Waals surface area contributed by atoms with Gasteiger partial charge in [0.2, 0.25) is 0 Å². The number of esters is 1. The standard InChI is InChI=1S/C16H25NO3/c1-3-5-6-7-8-11-20-15-12-13(9-10-14(15)17)16(18)19-4-2/h9-10,12H,3-8,11,17H2,1-2H3. The maximum absolute atomic E-state index is 11.6. The maximum Gasteiger partial charge on any atom is 0.338 e. The van der Waals surface area contributed by atoms with Crippen molar-refractivity contribution in [2.24, 2.45) is 0 Å². The fourth-order valence-corrected chi connectivity index (χ4v) is 1.89. The predicted octanol–water partition coefficient (Wildman–Crippen LogP) is 3.79. The highest BCUT2D eigenvalue weighted by atomic mass is 16.5. The summed E-state index contributed by atoms with van der Waals surface area (Å²) in [7, 11) is 0. The molecule has 1 rings (SSSR count). The lowest BCUT2D eigenvalue weighted by Crippen LogP contribution is -2.06. The summed E-state index contributed by atoms with van der Waals surface area (Å²) in [5.41, 5.74) is 6.87. The molecule has 0 aliphatic rings. The molecule has 0 atom stereocenters.